The molecule has 0 fully saturated rings. The molecule has 0 spiro atoms. The summed E-state index contributed by atoms with van der Waals surface area (Å²) < 4.78 is 1.03. The Morgan fingerprint density at radius 2 is 1.94 bits per heavy atom. The molecular formula is C12H11ClIN3. The first kappa shape index (κ1) is 12.6. The van der Waals surface area contributed by atoms with Gasteiger partial charge in [0.15, 0.2) is 5.82 Å². The molecular weight excluding hydrogens is 349 g/mol. The maximum absolute atomic E-state index is 6.14. The Bertz CT molecular complexity index is 557. The van der Waals surface area contributed by atoms with Gasteiger partial charge >= 0.3 is 0 Å². The van der Waals surface area contributed by atoms with E-state index >= 15 is 0 Å². The Labute approximate surface area is 119 Å². The van der Waals surface area contributed by atoms with Crippen molar-refractivity contribution in [2.45, 2.75) is 6.92 Å². The van der Waals surface area contributed by atoms with E-state index in [1.807, 2.05) is 38.2 Å². The molecule has 0 aliphatic heterocycles. The maximum Gasteiger partial charge on any atom is 0.163 e. The number of aryl methyl sites for hydroxylation is 1. The fourth-order valence-electron chi connectivity index (χ4n) is 1.49. The van der Waals surface area contributed by atoms with Crippen LogP contribution in [0.3, 0.4) is 0 Å². The lowest BCUT2D eigenvalue weighted by Crippen LogP contribution is -2.02. The van der Waals surface area contributed by atoms with E-state index in [9.17, 15) is 0 Å². The quantitative estimate of drug-likeness (QED) is 0.830. The third-order valence-electron chi connectivity index (χ3n) is 2.37. The SMILES string of the molecule is CNc1nc(-c2ccccc2Cl)nc(C)c1I. The third kappa shape index (κ3) is 2.52. The third-order valence-corrected chi connectivity index (χ3v) is 3.99. The largest absolute Gasteiger partial charge is 0.372 e. The summed E-state index contributed by atoms with van der Waals surface area (Å²) in [5, 5.41) is 3.73. The van der Waals surface area contributed by atoms with E-state index < -0.39 is 0 Å². The van der Waals surface area contributed by atoms with E-state index in [1.54, 1.807) is 0 Å². The fraction of sp³-hybridized carbons (Fsp3) is 0.167. The minimum absolute atomic E-state index is 0.651. The molecule has 88 valence electrons. The summed E-state index contributed by atoms with van der Waals surface area (Å²) in [4.78, 5) is 8.94. The van der Waals surface area contributed by atoms with Crippen LogP contribution in [0, 0.1) is 10.5 Å². The molecule has 1 aromatic carbocycles. The first-order valence-corrected chi connectivity index (χ1v) is 6.56. The molecule has 1 N–H and O–H groups in total. The number of aromatic nitrogens is 2. The zero-order valence-electron chi connectivity index (χ0n) is 9.46. The first-order valence-electron chi connectivity index (χ1n) is 5.10. The van der Waals surface area contributed by atoms with Crippen molar-refractivity contribution in [2.24, 2.45) is 0 Å². The molecule has 1 heterocycles. The topological polar surface area (TPSA) is 37.8 Å². The van der Waals surface area contributed by atoms with Gasteiger partial charge in [0.25, 0.3) is 0 Å². The zero-order chi connectivity index (χ0) is 12.4. The minimum atomic E-state index is 0.651. The van der Waals surface area contributed by atoms with Gasteiger partial charge in [-0.3, -0.25) is 0 Å². The van der Waals surface area contributed by atoms with Crippen molar-refractivity contribution in [3.8, 4) is 11.4 Å². The Morgan fingerprint density at radius 1 is 1.24 bits per heavy atom. The lowest BCUT2D eigenvalue weighted by atomic mass is 10.2. The van der Waals surface area contributed by atoms with Gasteiger partial charge in [-0.1, -0.05) is 23.7 Å². The molecule has 5 heteroatoms. The van der Waals surface area contributed by atoms with Crippen LogP contribution >= 0.6 is 34.2 Å². The summed E-state index contributed by atoms with van der Waals surface area (Å²) in [6.45, 7) is 1.96. The zero-order valence-corrected chi connectivity index (χ0v) is 12.4. The van der Waals surface area contributed by atoms with Crippen LogP contribution < -0.4 is 5.32 Å². The van der Waals surface area contributed by atoms with E-state index in [1.165, 1.54) is 0 Å². The van der Waals surface area contributed by atoms with E-state index in [-0.39, 0.29) is 0 Å². The van der Waals surface area contributed by atoms with Gasteiger partial charge < -0.3 is 5.32 Å². The van der Waals surface area contributed by atoms with Crippen molar-refractivity contribution in [3.63, 3.8) is 0 Å². The van der Waals surface area contributed by atoms with Crippen LogP contribution in [0.15, 0.2) is 24.3 Å². The molecule has 0 unspecified atom stereocenters. The predicted octanol–water partition coefficient (Wildman–Crippen LogP) is 3.75. The van der Waals surface area contributed by atoms with E-state index in [0.717, 1.165) is 20.6 Å². The number of halogens is 2. The summed E-state index contributed by atoms with van der Waals surface area (Å²) in [6.07, 6.45) is 0. The minimum Gasteiger partial charge on any atom is -0.372 e. The molecule has 3 nitrogen and oxygen atoms in total. The van der Waals surface area contributed by atoms with Crippen LogP contribution in [0.25, 0.3) is 11.4 Å². The molecule has 2 aromatic rings. The number of hydrogen-bond acceptors (Lipinski definition) is 3. The van der Waals surface area contributed by atoms with Crippen molar-refractivity contribution in [1.82, 2.24) is 9.97 Å². The molecule has 0 saturated carbocycles. The van der Waals surface area contributed by atoms with Crippen LogP contribution in [0.2, 0.25) is 5.02 Å². The van der Waals surface area contributed by atoms with Crippen molar-refractivity contribution >= 4 is 40.0 Å². The standard InChI is InChI=1S/C12H11ClIN3/c1-7-10(14)12(15-2)17-11(16-7)8-5-3-4-6-9(8)13/h3-6H,1-2H3,(H,15,16,17). The van der Waals surface area contributed by atoms with Gasteiger partial charge in [0, 0.05) is 12.6 Å². The van der Waals surface area contributed by atoms with Gasteiger partial charge in [0.2, 0.25) is 0 Å². The number of benzene rings is 1. The first-order chi connectivity index (χ1) is 8.13. The van der Waals surface area contributed by atoms with Crippen LogP contribution in [0.5, 0.6) is 0 Å². The van der Waals surface area contributed by atoms with Crippen LogP contribution in [0.4, 0.5) is 5.82 Å². The summed E-state index contributed by atoms with van der Waals surface area (Å²) in [6, 6.07) is 7.58. The molecule has 1 aromatic heterocycles. The lowest BCUT2D eigenvalue weighted by molar-refractivity contribution is 1.09. The lowest BCUT2D eigenvalue weighted by Gasteiger charge is -2.09. The number of nitrogens with one attached hydrogen (secondary N) is 1. The highest BCUT2D eigenvalue weighted by atomic mass is 127. The van der Waals surface area contributed by atoms with Gasteiger partial charge in [-0.2, -0.15) is 0 Å². The summed E-state index contributed by atoms with van der Waals surface area (Å²) in [5.41, 5.74) is 1.80. The van der Waals surface area contributed by atoms with Gasteiger partial charge in [-0.25, -0.2) is 9.97 Å². The predicted molar refractivity (Wildman–Crippen MR) is 79.5 cm³/mol. The average molecular weight is 360 g/mol. The Balaban J connectivity index is 2.61. The molecule has 0 radical (unpaired) electrons. The molecule has 0 saturated heterocycles. The Hall–Kier alpha value is -0.880. The number of hydrogen-bond donors (Lipinski definition) is 1. The second-order valence-electron chi connectivity index (χ2n) is 3.53. The normalized spacial score (nSPS) is 10.4. The van der Waals surface area contributed by atoms with Crippen LogP contribution in [-0.4, -0.2) is 17.0 Å². The second-order valence-corrected chi connectivity index (χ2v) is 5.01. The number of nitrogens with zero attached hydrogens (tertiary/aromatic N) is 2. The smallest absolute Gasteiger partial charge is 0.163 e. The number of rotatable bonds is 2. The second kappa shape index (κ2) is 5.18. The Kier molecular flexibility index (Phi) is 3.83. The monoisotopic (exact) mass is 359 g/mol. The summed E-state index contributed by atoms with van der Waals surface area (Å²) in [7, 11) is 1.85. The van der Waals surface area contributed by atoms with Crippen molar-refractivity contribution < 1.29 is 0 Å². The van der Waals surface area contributed by atoms with E-state index in [4.69, 9.17) is 11.6 Å². The highest BCUT2D eigenvalue weighted by Gasteiger charge is 2.11. The van der Waals surface area contributed by atoms with Crippen molar-refractivity contribution in [2.75, 3.05) is 12.4 Å². The molecule has 0 amide bonds. The van der Waals surface area contributed by atoms with Crippen molar-refractivity contribution in [1.29, 1.82) is 0 Å². The van der Waals surface area contributed by atoms with Crippen LogP contribution in [0.1, 0.15) is 5.69 Å². The molecule has 0 atom stereocenters. The molecule has 0 aliphatic rings. The molecule has 0 bridgehead atoms. The van der Waals surface area contributed by atoms with Crippen molar-refractivity contribution in [3.05, 3.63) is 38.6 Å². The maximum atomic E-state index is 6.14. The van der Waals surface area contributed by atoms with Gasteiger partial charge in [0.1, 0.15) is 5.82 Å². The van der Waals surface area contributed by atoms with Crippen LogP contribution in [-0.2, 0) is 0 Å². The summed E-state index contributed by atoms with van der Waals surface area (Å²) in [5.74, 6) is 1.48. The highest BCUT2D eigenvalue weighted by Crippen LogP contribution is 2.27. The highest BCUT2D eigenvalue weighted by molar-refractivity contribution is 14.1. The summed E-state index contributed by atoms with van der Waals surface area (Å²) >= 11 is 8.37. The van der Waals surface area contributed by atoms with E-state index in [2.05, 4.69) is 37.9 Å². The van der Waals surface area contributed by atoms with Gasteiger partial charge in [0.05, 0.1) is 14.3 Å². The fourth-order valence-corrected chi connectivity index (χ4v) is 2.22. The molecule has 2 rings (SSSR count). The van der Waals surface area contributed by atoms with Gasteiger partial charge in [-0.15, -0.1) is 0 Å². The molecule has 17 heavy (non-hydrogen) atoms. The average Bonchev–Trinajstić information content (AvgIpc) is 2.33. The number of anilines is 1. The molecule has 0 aliphatic carbocycles. The van der Waals surface area contributed by atoms with E-state index in [0.29, 0.717) is 10.8 Å². The van der Waals surface area contributed by atoms with Gasteiger partial charge in [-0.05, 0) is 41.6 Å². The Morgan fingerprint density at radius 3 is 2.59 bits per heavy atom.